The average molecular weight is 763 g/mol. The molecule has 0 saturated heterocycles. The third-order valence-corrected chi connectivity index (χ3v) is 10.5. The summed E-state index contributed by atoms with van der Waals surface area (Å²) in [7, 11) is 0. The van der Waals surface area contributed by atoms with Gasteiger partial charge in [0.15, 0.2) is 0 Å². The molecule has 0 aliphatic rings. The van der Waals surface area contributed by atoms with Crippen molar-refractivity contribution in [3.63, 3.8) is 0 Å². The van der Waals surface area contributed by atoms with Gasteiger partial charge in [0.05, 0.1) is 6.61 Å². The molecule has 1 N–H and O–H groups in total. The van der Waals surface area contributed by atoms with Gasteiger partial charge in [-0.3, -0.25) is 4.90 Å². The average Bonchev–Trinajstić information content (AvgIpc) is 3.15. The summed E-state index contributed by atoms with van der Waals surface area (Å²) in [6, 6.07) is 0.873. The van der Waals surface area contributed by atoms with Crippen LogP contribution in [-0.2, 0) is 14.2 Å². The lowest BCUT2D eigenvalue weighted by Crippen LogP contribution is -2.43. The number of nitrogens with zero attached hydrogens (tertiary/aromatic N) is 1. The van der Waals surface area contributed by atoms with Crippen LogP contribution < -0.4 is 5.32 Å². The highest BCUT2D eigenvalue weighted by Gasteiger charge is 2.15. The molecule has 320 valence electrons. The fraction of sp³-hybridized carbons (Fsp3) is 0.896. The fourth-order valence-corrected chi connectivity index (χ4v) is 7.03. The SMILES string of the molecule is CCCCCCCC/C=C\CCCCCCCCOCC(COC(=O)NCCN(C(C)C)C(C)C)OCCCCCCCC/C=C\CCCCCCCC. The molecule has 0 aromatic carbocycles. The lowest BCUT2D eigenvalue weighted by atomic mass is 10.1. The van der Waals surface area contributed by atoms with Crippen molar-refractivity contribution < 1.29 is 19.0 Å². The Bertz CT molecular complexity index is 807. The number of hydrogen-bond acceptors (Lipinski definition) is 5. The van der Waals surface area contributed by atoms with Gasteiger partial charge in [-0.05, 0) is 91.9 Å². The Hall–Kier alpha value is -1.37. The molecule has 0 aliphatic carbocycles. The molecule has 0 aromatic heterocycles. The molecule has 6 nitrogen and oxygen atoms in total. The zero-order chi connectivity index (χ0) is 39.6. The predicted octanol–water partition coefficient (Wildman–Crippen LogP) is 14.3. The summed E-state index contributed by atoms with van der Waals surface area (Å²) in [5.41, 5.74) is 0. The number of alkyl carbamates (subject to hydrolysis) is 1. The van der Waals surface area contributed by atoms with Crippen LogP contribution in [0.25, 0.3) is 0 Å². The minimum Gasteiger partial charge on any atom is -0.447 e. The van der Waals surface area contributed by atoms with Crippen LogP contribution in [0.3, 0.4) is 0 Å². The fourth-order valence-electron chi connectivity index (χ4n) is 7.03. The van der Waals surface area contributed by atoms with Crippen LogP contribution in [0.1, 0.15) is 221 Å². The van der Waals surface area contributed by atoms with Crippen molar-refractivity contribution in [2.45, 2.75) is 240 Å². The van der Waals surface area contributed by atoms with E-state index in [4.69, 9.17) is 14.2 Å². The number of allylic oxidation sites excluding steroid dienone is 4. The molecule has 0 spiro atoms. The normalized spacial score (nSPS) is 12.7. The van der Waals surface area contributed by atoms with Gasteiger partial charge >= 0.3 is 6.09 Å². The van der Waals surface area contributed by atoms with E-state index in [0.717, 1.165) is 26.0 Å². The molecule has 1 amide bonds. The maximum Gasteiger partial charge on any atom is 0.407 e. The van der Waals surface area contributed by atoms with Gasteiger partial charge in [-0.25, -0.2) is 4.79 Å². The van der Waals surface area contributed by atoms with Crippen molar-refractivity contribution in [2.24, 2.45) is 0 Å². The molecular formula is C48H94N2O4. The molecule has 0 rings (SSSR count). The minimum atomic E-state index is -0.374. The first kappa shape index (κ1) is 52.6. The summed E-state index contributed by atoms with van der Waals surface area (Å²) in [6.07, 6.45) is 45.4. The first-order valence-corrected chi connectivity index (χ1v) is 23.6. The van der Waals surface area contributed by atoms with Gasteiger partial charge < -0.3 is 19.5 Å². The van der Waals surface area contributed by atoms with Crippen molar-refractivity contribution in [1.82, 2.24) is 10.2 Å². The Labute approximate surface area is 337 Å². The monoisotopic (exact) mass is 763 g/mol. The minimum absolute atomic E-state index is 0.226. The lowest BCUT2D eigenvalue weighted by molar-refractivity contribution is -0.0468. The van der Waals surface area contributed by atoms with Crippen LogP contribution >= 0.6 is 0 Å². The van der Waals surface area contributed by atoms with Gasteiger partial charge in [0.25, 0.3) is 0 Å². The third-order valence-electron chi connectivity index (χ3n) is 10.5. The van der Waals surface area contributed by atoms with Crippen molar-refractivity contribution in [1.29, 1.82) is 0 Å². The Kier molecular flexibility index (Phi) is 41.7. The second-order valence-electron chi connectivity index (χ2n) is 16.4. The number of hydrogen-bond donors (Lipinski definition) is 1. The summed E-state index contributed by atoms with van der Waals surface area (Å²) < 4.78 is 17.8. The number of carbonyl (C=O) groups is 1. The van der Waals surface area contributed by atoms with E-state index in [1.54, 1.807) is 0 Å². The molecule has 0 bridgehead atoms. The van der Waals surface area contributed by atoms with Crippen LogP contribution in [0.2, 0.25) is 0 Å². The highest BCUT2D eigenvalue weighted by molar-refractivity contribution is 5.67. The summed E-state index contributed by atoms with van der Waals surface area (Å²) in [5, 5.41) is 2.92. The molecule has 54 heavy (non-hydrogen) atoms. The van der Waals surface area contributed by atoms with Crippen LogP contribution in [0, 0.1) is 0 Å². The van der Waals surface area contributed by atoms with Gasteiger partial charge in [-0.15, -0.1) is 0 Å². The second kappa shape index (κ2) is 42.8. The molecule has 0 fully saturated rings. The van der Waals surface area contributed by atoms with Crippen molar-refractivity contribution >= 4 is 6.09 Å². The number of nitrogens with one attached hydrogen (secondary N) is 1. The van der Waals surface area contributed by atoms with E-state index in [9.17, 15) is 4.79 Å². The molecular weight excluding hydrogens is 669 g/mol. The Balaban J connectivity index is 4.17. The summed E-state index contributed by atoms with van der Waals surface area (Å²) >= 11 is 0. The van der Waals surface area contributed by atoms with Gasteiger partial charge in [0.1, 0.15) is 12.7 Å². The van der Waals surface area contributed by atoms with E-state index in [0.29, 0.717) is 31.8 Å². The molecule has 6 heteroatoms. The first-order valence-electron chi connectivity index (χ1n) is 23.6. The van der Waals surface area contributed by atoms with E-state index in [2.05, 4.69) is 76.1 Å². The van der Waals surface area contributed by atoms with Crippen molar-refractivity contribution in [3.8, 4) is 0 Å². The van der Waals surface area contributed by atoms with Crippen molar-refractivity contribution in [3.05, 3.63) is 24.3 Å². The van der Waals surface area contributed by atoms with Crippen LogP contribution in [0.5, 0.6) is 0 Å². The first-order chi connectivity index (χ1) is 26.4. The highest BCUT2D eigenvalue weighted by Crippen LogP contribution is 2.13. The number of amides is 1. The van der Waals surface area contributed by atoms with E-state index in [1.807, 2.05) is 0 Å². The predicted molar refractivity (Wildman–Crippen MR) is 236 cm³/mol. The van der Waals surface area contributed by atoms with E-state index < -0.39 is 0 Å². The largest absolute Gasteiger partial charge is 0.447 e. The maximum absolute atomic E-state index is 12.5. The van der Waals surface area contributed by atoms with Crippen LogP contribution in [-0.4, -0.2) is 68.7 Å². The second-order valence-corrected chi connectivity index (χ2v) is 16.4. The van der Waals surface area contributed by atoms with Gasteiger partial charge in [-0.1, -0.05) is 154 Å². The molecule has 1 atom stereocenters. The molecule has 1 unspecified atom stereocenters. The molecule has 0 saturated carbocycles. The summed E-state index contributed by atoms with van der Waals surface area (Å²) in [5.74, 6) is 0. The Morgan fingerprint density at radius 2 is 0.907 bits per heavy atom. The van der Waals surface area contributed by atoms with E-state index >= 15 is 0 Å². The van der Waals surface area contributed by atoms with Crippen LogP contribution in [0.4, 0.5) is 4.79 Å². The van der Waals surface area contributed by atoms with Gasteiger partial charge in [-0.2, -0.15) is 0 Å². The van der Waals surface area contributed by atoms with E-state index in [1.165, 1.54) is 167 Å². The third kappa shape index (κ3) is 38.9. The Morgan fingerprint density at radius 1 is 0.519 bits per heavy atom. The topological polar surface area (TPSA) is 60.0 Å². The summed E-state index contributed by atoms with van der Waals surface area (Å²) in [6.45, 7) is 16.8. The number of carbonyl (C=O) groups excluding carboxylic acids is 1. The smallest absolute Gasteiger partial charge is 0.407 e. The maximum atomic E-state index is 12.5. The summed E-state index contributed by atoms with van der Waals surface area (Å²) in [4.78, 5) is 14.9. The highest BCUT2D eigenvalue weighted by atomic mass is 16.6. The zero-order valence-corrected chi connectivity index (χ0v) is 37.2. The molecule has 0 heterocycles. The van der Waals surface area contributed by atoms with Gasteiger partial charge in [0.2, 0.25) is 0 Å². The Morgan fingerprint density at radius 3 is 1.33 bits per heavy atom. The molecule has 0 radical (unpaired) electrons. The number of unbranched alkanes of at least 4 members (excludes halogenated alkanes) is 24. The number of ether oxygens (including phenoxy) is 3. The lowest BCUT2D eigenvalue weighted by Gasteiger charge is -2.30. The number of rotatable bonds is 42. The zero-order valence-electron chi connectivity index (χ0n) is 37.2. The standard InChI is InChI=1S/C48H94N2O4/c1-7-9-11-13-15-17-19-21-23-25-27-29-31-33-35-37-41-52-43-47(44-54-48(51)49-39-40-50(45(3)4)46(5)6)53-42-38-36-34-32-30-28-26-24-22-20-18-16-14-12-10-8-2/h21-24,45-47H,7-20,25-44H2,1-6H3,(H,49,51)/b23-21-,24-22-. The van der Waals surface area contributed by atoms with E-state index in [-0.39, 0.29) is 18.8 Å². The van der Waals surface area contributed by atoms with Crippen LogP contribution in [0.15, 0.2) is 24.3 Å². The van der Waals surface area contributed by atoms with Crippen molar-refractivity contribution in [2.75, 3.05) is 39.5 Å². The van der Waals surface area contributed by atoms with Gasteiger partial charge in [0, 0.05) is 38.4 Å². The quantitative estimate of drug-likeness (QED) is 0.0496. The molecule has 0 aromatic rings. The molecule has 0 aliphatic heterocycles.